The molecule has 0 saturated carbocycles. The maximum atomic E-state index is 12.4. The van der Waals surface area contributed by atoms with E-state index in [0.717, 1.165) is 43.3 Å². The summed E-state index contributed by atoms with van der Waals surface area (Å²) in [5, 5.41) is 4.39. The van der Waals surface area contributed by atoms with Crippen molar-refractivity contribution in [1.82, 2.24) is 9.78 Å². The van der Waals surface area contributed by atoms with E-state index in [-0.39, 0.29) is 11.2 Å². The van der Waals surface area contributed by atoms with Crippen LogP contribution in [0.1, 0.15) is 18.5 Å². The average Bonchev–Trinajstić information content (AvgIpc) is 2.88. The summed E-state index contributed by atoms with van der Waals surface area (Å²) in [6, 6.07) is 1.97. The molecule has 1 atom stereocenters. The SMILES string of the molecule is COCCCSC1CCN(c2cc(C)nn2C)C1=O. The number of anilines is 1. The van der Waals surface area contributed by atoms with Gasteiger partial charge in [-0.05, 0) is 25.5 Å². The van der Waals surface area contributed by atoms with Crippen molar-refractivity contribution in [1.29, 1.82) is 0 Å². The number of carbonyl (C=O) groups is 1. The predicted octanol–water partition coefficient (Wildman–Crippen LogP) is 1.60. The first kappa shape index (κ1) is 14.4. The van der Waals surface area contributed by atoms with Crippen molar-refractivity contribution in [2.45, 2.75) is 25.0 Å². The van der Waals surface area contributed by atoms with Gasteiger partial charge in [-0.1, -0.05) is 0 Å². The van der Waals surface area contributed by atoms with E-state index in [4.69, 9.17) is 4.74 Å². The van der Waals surface area contributed by atoms with Crippen molar-refractivity contribution >= 4 is 23.5 Å². The zero-order valence-corrected chi connectivity index (χ0v) is 12.6. The topological polar surface area (TPSA) is 47.4 Å². The Morgan fingerprint density at radius 2 is 2.37 bits per heavy atom. The predicted molar refractivity (Wildman–Crippen MR) is 77.7 cm³/mol. The van der Waals surface area contributed by atoms with Crippen LogP contribution in [0.5, 0.6) is 0 Å². The lowest BCUT2D eigenvalue weighted by Crippen LogP contribution is -2.29. The first-order valence-corrected chi connectivity index (χ1v) is 7.61. The average molecular weight is 283 g/mol. The Balaban J connectivity index is 1.92. The lowest BCUT2D eigenvalue weighted by atomic mass is 10.4. The number of aryl methyl sites for hydroxylation is 2. The summed E-state index contributed by atoms with van der Waals surface area (Å²) in [7, 11) is 3.59. The number of ether oxygens (including phenoxy) is 1. The second kappa shape index (κ2) is 6.43. The lowest BCUT2D eigenvalue weighted by molar-refractivity contribution is -0.116. The van der Waals surface area contributed by atoms with Gasteiger partial charge >= 0.3 is 0 Å². The van der Waals surface area contributed by atoms with Gasteiger partial charge in [0.05, 0.1) is 10.9 Å². The number of rotatable bonds is 6. The molecule has 1 saturated heterocycles. The Bertz CT molecular complexity index is 447. The summed E-state index contributed by atoms with van der Waals surface area (Å²) in [5.41, 5.74) is 0.946. The van der Waals surface area contributed by atoms with Gasteiger partial charge in [-0.15, -0.1) is 11.8 Å². The summed E-state index contributed by atoms with van der Waals surface area (Å²) in [6.07, 6.45) is 1.91. The van der Waals surface area contributed by atoms with Gasteiger partial charge in [0.2, 0.25) is 5.91 Å². The van der Waals surface area contributed by atoms with Gasteiger partial charge in [-0.3, -0.25) is 14.4 Å². The molecule has 5 nitrogen and oxygen atoms in total. The fourth-order valence-electron chi connectivity index (χ4n) is 2.31. The molecule has 1 amide bonds. The minimum absolute atomic E-state index is 0.0899. The normalized spacial score (nSPS) is 19.4. The Morgan fingerprint density at radius 3 is 3.00 bits per heavy atom. The molecule has 0 aromatic carbocycles. The first-order valence-electron chi connectivity index (χ1n) is 6.56. The largest absolute Gasteiger partial charge is 0.385 e. The zero-order chi connectivity index (χ0) is 13.8. The van der Waals surface area contributed by atoms with Gasteiger partial charge in [0.15, 0.2) is 0 Å². The van der Waals surface area contributed by atoms with Gasteiger partial charge in [-0.2, -0.15) is 5.10 Å². The number of hydrogen-bond acceptors (Lipinski definition) is 4. The van der Waals surface area contributed by atoms with Crippen molar-refractivity contribution in [3.05, 3.63) is 11.8 Å². The maximum absolute atomic E-state index is 12.4. The van der Waals surface area contributed by atoms with Crippen LogP contribution in [0.15, 0.2) is 6.07 Å². The molecule has 0 spiro atoms. The van der Waals surface area contributed by atoms with E-state index >= 15 is 0 Å². The molecule has 1 fully saturated rings. The Hall–Kier alpha value is -1.01. The van der Waals surface area contributed by atoms with E-state index in [1.165, 1.54) is 0 Å². The van der Waals surface area contributed by atoms with Crippen LogP contribution in [-0.4, -0.2) is 47.0 Å². The molecular weight excluding hydrogens is 262 g/mol. The summed E-state index contributed by atoms with van der Waals surface area (Å²) >= 11 is 1.74. The standard InChI is InChI=1S/C13H21N3O2S/c1-10-9-12(15(2)14-10)16-6-5-11(13(16)17)19-8-4-7-18-3/h9,11H,4-8H2,1-3H3. The highest BCUT2D eigenvalue weighted by atomic mass is 32.2. The molecular formula is C13H21N3O2S. The second-order valence-corrected chi connectivity index (χ2v) is 6.06. The fraction of sp³-hybridized carbons (Fsp3) is 0.692. The molecule has 2 heterocycles. The van der Waals surface area contributed by atoms with Gasteiger partial charge in [0.25, 0.3) is 0 Å². The van der Waals surface area contributed by atoms with Crippen LogP contribution in [0, 0.1) is 6.92 Å². The quantitative estimate of drug-likeness (QED) is 0.744. The van der Waals surface area contributed by atoms with E-state index in [1.54, 1.807) is 23.6 Å². The van der Waals surface area contributed by atoms with Crippen LogP contribution in [-0.2, 0) is 16.6 Å². The lowest BCUT2D eigenvalue weighted by Gasteiger charge is -2.16. The molecule has 2 rings (SSSR count). The third kappa shape index (κ3) is 3.30. The summed E-state index contributed by atoms with van der Waals surface area (Å²) < 4.78 is 6.80. The Kier molecular flexibility index (Phi) is 4.87. The highest BCUT2D eigenvalue weighted by molar-refractivity contribution is 8.00. The van der Waals surface area contributed by atoms with Gasteiger partial charge in [-0.25, -0.2) is 0 Å². The van der Waals surface area contributed by atoms with Crippen LogP contribution in [0.2, 0.25) is 0 Å². The Labute approximate surface area is 118 Å². The second-order valence-electron chi connectivity index (χ2n) is 4.75. The summed E-state index contributed by atoms with van der Waals surface area (Å²) in [4.78, 5) is 14.2. The minimum atomic E-state index is 0.0899. The molecule has 106 valence electrons. The number of nitrogens with zero attached hydrogens (tertiary/aromatic N) is 3. The van der Waals surface area contributed by atoms with Crippen molar-refractivity contribution in [2.24, 2.45) is 7.05 Å². The number of thioether (sulfide) groups is 1. The number of amides is 1. The minimum Gasteiger partial charge on any atom is -0.385 e. The summed E-state index contributed by atoms with van der Waals surface area (Å²) in [5.74, 6) is 2.09. The molecule has 0 radical (unpaired) electrons. The van der Waals surface area contributed by atoms with E-state index in [0.29, 0.717) is 0 Å². The van der Waals surface area contributed by atoms with Crippen LogP contribution < -0.4 is 4.90 Å². The van der Waals surface area contributed by atoms with Crippen molar-refractivity contribution in [2.75, 3.05) is 30.9 Å². The molecule has 19 heavy (non-hydrogen) atoms. The van der Waals surface area contributed by atoms with Gasteiger partial charge in [0.1, 0.15) is 5.82 Å². The van der Waals surface area contributed by atoms with E-state index in [2.05, 4.69) is 5.10 Å². The maximum Gasteiger partial charge on any atom is 0.241 e. The van der Waals surface area contributed by atoms with Crippen LogP contribution in [0.4, 0.5) is 5.82 Å². The number of aromatic nitrogens is 2. The fourth-order valence-corrected chi connectivity index (χ4v) is 3.43. The van der Waals surface area contributed by atoms with Crippen LogP contribution in [0.3, 0.4) is 0 Å². The van der Waals surface area contributed by atoms with Gasteiger partial charge in [0, 0.05) is 33.4 Å². The number of hydrogen-bond donors (Lipinski definition) is 0. The van der Waals surface area contributed by atoms with Crippen molar-refractivity contribution in [3.63, 3.8) is 0 Å². The van der Waals surface area contributed by atoms with Crippen molar-refractivity contribution in [3.8, 4) is 0 Å². The molecule has 1 aromatic heterocycles. The molecule has 0 aliphatic carbocycles. The molecule has 0 N–H and O–H groups in total. The van der Waals surface area contributed by atoms with Crippen LogP contribution in [0.25, 0.3) is 0 Å². The summed E-state index contributed by atoms with van der Waals surface area (Å²) in [6.45, 7) is 3.50. The number of carbonyl (C=O) groups excluding carboxylic acids is 1. The zero-order valence-electron chi connectivity index (χ0n) is 11.8. The van der Waals surface area contributed by atoms with Crippen molar-refractivity contribution < 1.29 is 9.53 Å². The number of methoxy groups -OCH3 is 1. The monoisotopic (exact) mass is 283 g/mol. The van der Waals surface area contributed by atoms with E-state index in [9.17, 15) is 4.79 Å². The molecule has 1 aromatic rings. The third-order valence-corrected chi connectivity index (χ3v) is 4.59. The molecule has 1 aliphatic rings. The van der Waals surface area contributed by atoms with E-state index in [1.807, 2.05) is 24.9 Å². The molecule has 1 unspecified atom stereocenters. The van der Waals surface area contributed by atoms with Gasteiger partial charge < -0.3 is 4.74 Å². The first-order chi connectivity index (χ1) is 9.13. The molecule has 6 heteroatoms. The smallest absolute Gasteiger partial charge is 0.241 e. The third-order valence-electron chi connectivity index (χ3n) is 3.22. The highest BCUT2D eigenvalue weighted by Crippen LogP contribution is 2.28. The highest BCUT2D eigenvalue weighted by Gasteiger charge is 2.34. The Morgan fingerprint density at radius 1 is 1.58 bits per heavy atom. The van der Waals surface area contributed by atoms with E-state index < -0.39 is 0 Å². The molecule has 1 aliphatic heterocycles. The van der Waals surface area contributed by atoms with Crippen LogP contribution >= 0.6 is 11.8 Å². The molecule has 0 bridgehead atoms.